The van der Waals surface area contributed by atoms with Gasteiger partial charge in [-0.25, -0.2) is 9.40 Å². The van der Waals surface area contributed by atoms with Crippen LogP contribution in [-0.2, 0) is 9.59 Å². The maximum atomic E-state index is 14.8. The first-order valence-electron chi connectivity index (χ1n) is 11.0. The van der Waals surface area contributed by atoms with Crippen LogP contribution >= 0.6 is 0 Å². The average molecular weight is 419 g/mol. The van der Waals surface area contributed by atoms with Gasteiger partial charge < -0.3 is 4.90 Å². The fourth-order valence-electron chi connectivity index (χ4n) is 4.66. The Labute approximate surface area is 176 Å². The maximum absolute atomic E-state index is 14.8. The number of halogens is 1. The highest BCUT2D eigenvalue weighted by molar-refractivity contribution is 6.00. The number of piperidine rings is 2. The van der Waals surface area contributed by atoms with Crippen molar-refractivity contribution in [1.82, 2.24) is 20.2 Å². The van der Waals surface area contributed by atoms with E-state index < -0.39 is 11.8 Å². The second-order valence-electron chi connectivity index (χ2n) is 8.66. The van der Waals surface area contributed by atoms with Gasteiger partial charge in [0.05, 0.1) is 23.5 Å². The summed E-state index contributed by atoms with van der Waals surface area (Å²) < 4.78 is 14.8. The summed E-state index contributed by atoms with van der Waals surface area (Å²) in [6.07, 6.45) is 5.71. The minimum atomic E-state index is -0.561. The lowest BCUT2D eigenvalue weighted by molar-refractivity contribution is -0.134. The number of amides is 2. The first kappa shape index (κ1) is 21.1. The van der Waals surface area contributed by atoms with Crippen LogP contribution in [0.3, 0.4) is 0 Å². The molecule has 0 spiro atoms. The minimum Gasteiger partial charge on any atom is -0.365 e. The lowest BCUT2D eigenvalue weighted by Crippen LogP contribution is -2.47. The van der Waals surface area contributed by atoms with Gasteiger partial charge in [0.2, 0.25) is 11.8 Å². The largest absolute Gasteiger partial charge is 0.365 e. The highest BCUT2D eigenvalue weighted by Gasteiger charge is 2.30. The molecule has 4 rings (SSSR count). The molecule has 164 valence electrons. The molecule has 0 aromatic carbocycles. The van der Waals surface area contributed by atoms with Crippen LogP contribution in [0.2, 0.25) is 0 Å². The normalized spacial score (nSPS) is 24.9. The van der Waals surface area contributed by atoms with E-state index in [1.165, 1.54) is 31.5 Å². The molecule has 1 aromatic heterocycles. The van der Waals surface area contributed by atoms with Gasteiger partial charge in [0.15, 0.2) is 0 Å². The number of carbonyl (C=O) groups excluding carboxylic acids is 2. The van der Waals surface area contributed by atoms with Crippen molar-refractivity contribution in [3.8, 4) is 0 Å². The number of carbonyl (C=O) groups is 2. The SMILES string of the molecule is NN1CCC(CCN2CCN(c3cnc(C4CCC(=O)NC4=O)cc3F)CC2)CC1. The van der Waals surface area contributed by atoms with Crippen molar-refractivity contribution in [2.75, 3.05) is 50.7 Å². The quantitative estimate of drug-likeness (QED) is 0.540. The lowest BCUT2D eigenvalue weighted by Gasteiger charge is -2.37. The van der Waals surface area contributed by atoms with Gasteiger partial charge in [-0.05, 0) is 44.2 Å². The molecule has 3 fully saturated rings. The average Bonchev–Trinajstić information content (AvgIpc) is 2.74. The molecule has 4 heterocycles. The Morgan fingerprint density at radius 1 is 1.10 bits per heavy atom. The molecule has 1 unspecified atom stereocenters. The minimum absolute atomic E-state index is 0.259. The van der Waals surface area contributed by atoms with Crippen molar-refractivity contribution in [2.45, 2.75) is 38.0 Å². The Morgan fingerprint density at radius 2 is 1.83 bits per heavy atom. The van der Waals surface area contributed by atoms with Crippen LogP contribution in [0.5, 0.6) is 0 Å². The summed E-state index contributed by atoms with van der Waals surface area (Å²) in [5, 5.41) is 4.21. The van der Waals surface area contributed by atoms with Crippen LogP contribution in [0.4, 0.5) is 10.1 Å². The number of anilines is 1. The predicted molar refractivity (Wildman–Crippen MR) is 111 cm³/mol. The lowest BCUT2D eigenvalue weighted by atomic mass is 9.94. The third-order valence-corrected chi connectivity index (χ3v) is 6.67. The highest BCUT2D eigenvalue weighted by atomic mass is 19.1. The van der Waals surface area contributed by atoms with Gasteiger partial charge in [-0.2, -0.15) is 0 Å². The summed E-state index contributed by atoms with van der Waals surface area (Å²) in [4.78, 5) is 32.2. The number of nitrogens with two attached hydrogens (primary N) is 1. The Kier molecular flexibility index (Phi) is 6.60. The fourth-order valence-corrected chi connectivity index (χ4v) is 4.66. The molecule has 3 aliphatic heterocycles. The predicted octanol–water partition coefficient (Wildman–Crippen LogP) is 0.839. The van der Waals surface area contributed by atoms with Crippen molar-refractivity contribution >= 4 is 17.5 Å². The first-order valence-corrected chi connectivity index (χ1v) is 11.0. The molecule has 1 atom stereocenters. The van der Waals surface area contributed by atoms with E-state index >= 15 is 0 Å². The first-order chi connectivity index (χ1) is 14.5. The van der Waals surface area contributed by atoms with E-state index in [2.05, 4.69) is 15.2 Å². The number of piperazine rings is 1. The molecule has 3 N–H and O–H groups in total. The van der Waals surface area contributed by atoms with Crippen LogP contribution in [0.15, 0.2) is 12.3 Å². The summed E-state index contributed by atoms with van der Waals surface area (Å²) in [6.45, 7) is 6.39. The van der Waals surface area contributed by atoms with E-state index in [1.807, 2.05) is 9.91 Å². The Balaban J connectivity index is 1.28. The third kappa shape index (κ3) is 4.96. The zero-order valence-corrected chi connectivity index (χ0v) is 17.4. The number of pyridine rings is 1. The monoisotopic (exact) mass is 418 g/mol. The van der Waals surface area contributed by atoms with E-state index in [9.17, 15) is 14.0 Å². The van der Waals surface area contributed by atoms with Crippen LogP contribution in [-0.4, -0.2) is 72.5 Å². The number of hydrazine groups is 1. The van der Waals surface area contributed by atoms with Crippen LogP contribution in [0.1, 0.15) is 43.7 Å². The van der Waals surface area contributed by atoms with Gasteiger partial charge in [-0.3, -0.25) is 30.6 Å². The van der Waals surface area contributed by atoms with Gasteiger partial charge >= 0.3 is 0 Å². The molecule has 3 saturated heterocycles. The molecular weight excluding hydrogens is 387 g/mol. The van der Waals surface area contributed by atoms with Crippen LogP contribution < -0.4 is 16.1 Å². The Bertz CT molecular complexity index is 775. The molecule has 0 radical (unpaired) electrons. The topological polar surface area (TPSA) is 94.8 Å². The van der Waals surface area contributed by atoms with Crippen molar-refractivity contribution in [1.29, 1.82) is 0 Å². The van der Waals surface area contributed by atoms with Gasteiger partial charge in [-0.15, -0.1) is 0 Å². The van der Waals surface area contributed by atoms with E-state index in [-0.39, 0.29) is 18.1 Å². The van der Waals surface area contributed by atoms with Gasteiger partial charge in [0.25, 0.3) is 0 Å². The van der Waals surface area contributed by atoms with Gasteiger partial charge in [0, 0.05) is 45.7 Å². The molecule has 2 amide bonds. The highest BCUT2D eigenvalue weighted by Crippen LogP contribution is 2.28. The van der Waals surface area contributed by atoms with Crippen molar-refractivity contribution in [3.05, 3.63) is 23.8 Å². The van der Waals surface area contributed by atoms with Gasteiger partial charge in [-0.1, -0.05) is 0 Å². The summed E-state index contributed by atoms with van der Waals surface area (Å²) in [5.74, 6) is 5.00. The zero-order valence-electron chi connectivity index (χ0n) is 17.4. The van der Waals surface area contributed by atoms with Crippen molar-refractivity contribution in [3.63, 3.8) is 0 Å². The van der Waals surface area contributed by atoms with Crippen LogP contribution in [0.25, 0.3) is 0 Å². The summed E-state index contributed by atoms with van der Waals surface area (Å²) >= 11 is 0. The second kappa shape index (κ2) is 9.36. The number of imide groups is 1. The summed E-state index contributed by atoms with van der Waals surface area (Å²) in [7, 11) is 0. The van der Waals surface area contributed by atoms with E-state index in [1.54, 1.807) is 0 Å². The van der Waals surface area contributed by atoms with Crippen molar-refractivity contribution in [2.24, 2.45) is 11.8 Å². The van der Waals surface area contributed by atoms with Crippen LogP contribution in [0, 0.1) is 11.7 Å². The number of hydrogen-bond acceptors (Lipinski definition) is 7. The molecule has 8 nitrogen and oxygen atoms in total. The fraction of sp³-hybridized carbons (Fsp3) is 0.667. The Morgan fingerprint density at radius 3 is 2.50 bits per heavy atom. The van der Waals surface area contributed by atoms with E-state index in [4.69, 9.17) is 5.84 Å². The summed E-state index contributed by atoms with van der Waals surface area (Å²) in [6, 6.07) is 1.35. The number of nitrogens with zero attached hydrogens (tertiary/aromatic N) is 4. The number of nitrogens with one attached hydrogen (secondary N) is 1. The third-order valence-electron chi connectivity index (χ3n) is 6.67. The summed E-state index contributed by atoms with van der Waals surface area (Å²) in [5.41, 5.74) is 0.879. The van der Waals surface area contributed by atoms with Crippen molar-refractivity contribution < 1.29 is 14.0 Å². The number of hydrogen-bond donors (Lipinski definition) is 2. The molecule has 0 saturated carbocycles. The Hall–Kier alpha value is -2.10. The molecule has 0 bridgehead atoms. The molecular formula is C21H31FN6O2. The second-order valence-corrected chi connectivity index (χ2v) is 8.66. The number of aromatic nitrogens is 1. The maximum Gasteiger partial charge on any atom is 0.235 e. The van der Waals surface area contributed by atoms with E-state index in [0.717, 1.165) is 51.7 Å². The zero-order chi connectivity index (χ0) is 21.1. The van der Waals surface area contributed by atoms with Gasteiger partial charge in [0.1, 0.15) is 5.82 Å². The van der Waals surface area contributed by atoms with E-state index in [0.29, 0.717) is 17.8 Å². The molecule has 3 aliphatic rings. The molecule has 0 aliphatic carbocycles. The smallest absolute Gasteiger partial charge is 0.235 e. The molecule has 30 heavy (non-hydrogen) atoms. The molecule has 9 heteroatoms. The standard InChI is InChI=1S/C21H31FN6O2/c22-17-13-18(16-1-2-20(29)25-21(16)30)24-14-19(17)27-11-9-26(10-12-27)6-3-15-4-7-28(23)8-5-15/h13-16H,1-12,23H2,(H,25,29,30). The molecule has 1 aromatic rings. The number of rotatable bonds is 5.